The molecule has 39 heavy (non-hydrogen) atoms. The van der Waals surface area contributed by atoms with Gasteiger partial charge in [-0.15, -0.1) is 0 Å². The molecule has 0 aliphatic heterocycles. The van der Waals surface area contributed by atoms with Crippen molar-refractivity contribution in [3.63, 3.8) is 0 Å². The van der Waals surface area contributed by atoms with Gasteiger partial charge >= 0.3 is 0 Å². The number of sulfonamides is 1. The van der Waals surface area contributed by atoms with E-state index in [1.807, 2.05) is 27.7 Å². The predicted molar refractivity (Wildman–Crippen MR) is 159 cm³/mol. The number of rotatable bonds is 9. The van der Waals surface area contributed by atoms with Gasteiger partial charge in [0, 0.05) is 21.6 Å². The summed E-state index contributed by atoms with van der Waals surface area (Å²) in [4.78, 5) is 28.5. The molecule has 3 rings (SSSR count). The van der Waals surface area contributed by atoms with Crippen LogP contribution in [0.1, 0.15) is 38.8 Å². The lowest BCUT2D eigenvalue weighted by Gasteiger charge is -2.33. The molecule has 0 heterocycles. The molecule has 0 radical (unpaired) electrons. The van der Waals surface area contributed by atoms with Crippen LogP contribution in [-0.4, -0.2) is 43.3 Å². The van der Waals surface area contributed by atoms with Gasteiger partial charge in [0.1, 0.15) is 12.6 Å². The normalized spacial score (nSPS) is 12.5. The smallest absolute Gasteiger partial charge is 0.264 e. The number of benzene rings is 3. The molecule has 0 aliphatic carbocycles. The van der Waals surface area contributed by atoms with Crippen molar-refractivity contribution in [3.8, 4) is 0 Å². The van der Waals surface area contributed by atoms with E-state index in [-0.39, 0.29) is 17.3 Å². The third kappa shape index (κ3) is 8.06. The monoisotopic (exact) mass is 633 g/mol. The SMILES string of the molecule is Cc1ccc(S(=O)(=O)N(CC(=O)N(Cc2ccccc2Cl)[C@H](C)C(=O)NC(C)(C)C)c2cccc(Br)c2)cc1. The van der Waals surface area contributed by atoms with Gasteiger partial charge in [-0.3, -0.25) is 13.9 Å². The molecule has 0 aliphatic rings. The van der Waals surface area contributed by atoms with Crippen molar-refractivity contribution in [3.05, 3.63) is 93.4 Å². The van der Waals surface area contributed by atoms with E-state index >= 15 is 0 Å². The molecule has 0 unspecified atom stereocenters. The lowest BCUT2D eigenvalue weighted by molar-refractivity contribution is -0.140. The second kappa shape index (κ2) is 12.5. The number of carbonyl (C=O) groups excluding carboxylic acids is 2. The Morgan fingerprint density at radius 2 is 1.64 bits per heavy atom. The summed E-state index contributed by atoms with van der Waals surface area (Å²) in [6, 6.07) is 19.3. The zero-order valence-corrected chi connectivity index (χ0v) is 25.8. The van der Waals surface area contributed by atoms with Crippen LogP contribution in [0, 0.1) is 6.92 Å². The maximum atomic E-state index is 14.0. The molecule has 208 valence electrons. The van der Waals surface area contributed by atoms with Crippen molar-refractivity contribution in [2.45, 2.75) is 57.6 Å². The summed E-state index contributed by atoms with van der Waals surface area (Å²) in [5, 5.41) is 3.34. The van der Waals surface area contributed by atoms with Gasteiger partial charge in [-0.2, -0.15) is 0 Å². The Labute approximate surface area is 244 Å². The molecule has 1 N–H and O–H groups in total. The standard InChI is InChI=1S/C29H33BrClN3O4S/c1-20-13-15-25(16-14-20)39(37,38)34(24-11-8-10-23(30)17-24)19-27(35)33(18-22-9-6-7-12-26(22)31)21(2)28(36)32-29(3,4)5/h6-17,21H,18-19H2,1-5H3,(H,32,36)/t21-/m1/s1. The van der Waals surface area contributed by atoms with Crippen LogP contribution in [-0.2, 0) is 26.2 Å². The molecule has 0 bridgehead atoms. The first-order valence-electron chi connectivity index (χ1n) is 12.4. The van der Waals surface area contributed by atoms with Gasteiger partial charge in [0.05, 0.1) is 10.6 Å². The van der Waals surface area contributed by atoms with Crippen molar-refractivity contribution >= 4 is 55.1 Å². The molecule has 3 aromatic carbocycles. The highest BCUT2D eigenvalue weighted by atomic mass is 79.9. The van der Waals surface area contributed by atoms with E-state index < -0.39 is 34.1 Å². The minimum absolute atomic E-state index is 0.0220. The summed E-state index contributed by atoms with van der Waals surface area (Å²) >= 11 is 9.79. The van der Waals surface area contributed by atoms with E-state index in [2.05, 4.69) is 21.2 Å². The van der Waals surface area contributed by atoms with Crippen LogP contribution in [0.2, 0.25) is 5.02 Å². The molecule has 0 aromatic heterocycles. The lowest BCUT2D eigenvalue weighted by atomic mass is 10.1. The van der Waals surface area contributed by atoms with E-state index in [0.29, 0.717) is 20.7 Å². The summed E-state index contributed by atoms with van der Waals surface area (Å²) in [6.45, 7) is 8.53. The molecule has 0 spiro atoms. The third-order valence-electron chi connectivity index (χ3n) is 5.95. The van der Waals surface area contributed by atoms with Crippen LogP contribution < -0.4 is 9.62 Å². The fourth-order valence-corrected chi connectivity index (χ4v) is 5.85. The molecule has 1 atom stereocenters. The van der Waals surface area contributed by atoms with Crippen molar-refractivity contribution in [1.82, 2.24) is 10.2 Å². The summed E-state index contributed by atoms with van der Waals surface area (Å²) in [6.07, 6.45) is 0. The van der Waals surface area contributed by atoms with Crippen molar-refractivity contribution in [2.24, 2.45) is 0 Å². The number of hydrogen-bond donors (Lipinski definition) is 1. The number of halogens is 2. The highest BCUT2D eigenvalue weighted by Crippen LogP contribution is 2.27. The Kier molecular flexibility index (Phi) is 9.85. The van der Waals surface area contributed by atoms with E-state index in [9.17, 15) is 18.0 Å². The maximum absolute atomic E-state index is 14.0. The first-order chi connectivity index (χ1) is 18.2. The van der Waals surface area contributed by atoms with Crippen molar-refractivity contribution < 1.29 is 18.0 Å². The molecule has 0 saturated heterocycles. The molecule has 7 nitrogen and oxygen atoms in total. The first kappa shape index (κ1) is 30.7. The van der Waals surface area contributed by atoms with Gasteiger partial charge in [0.15, 0.2) is 0 Å². The van der Waals surface area contributed by atoms with Crippen LogP contribution in [0.15, 0.2) is 82.2 Å². The van der Waals surface area contributed by atoms with Crippen LogP contribution >= 0.6 is 27.5 Å². The van der Waals surface area contributed by atoms with Crippen LogP contribution in [0.4, 0.5) is 5.69 Å². The summed E-state index contributed by atoms with van der Waals surface area (Å²) < 4.78 is 29.4. The van der Waals surface area contributed by atoms with Gasteiger partial charge in [-0.25, -0.2) is 8.42 Å². The average molecular weight is 635 g/mol. The molecule has 10 heteroatoms. The minimum atomic E-state index is -4.13. The third-order valence-corrected chi connectivity index (χ3v) is 8.60. The Morgan fingerprint density at radius 1 is 1.00 bits per heavy atom. The Hall–Kier alpha value is -2.88. The lowest BCUT2D eigenvalue weighted by Crippen LogP contribution is -2.54. The quantitative estimate of drug-likeness (QED) is 0.316. The number of aryl methyl sites for hydroxylation is 1. The fraction of sp³-hybridized carbons (Fsp3) is 0.310. The maximum Gasteiger partial charge on any atom is 0.264 e. The van der Waals surface area contributed by atoms with Gasteiger partial charge < -0.3 is 10.2 Å². The topological polar surface area (TPSA) is 86.8 Å². The molecule has 3 aromatic rings. The van der Waals surface area contributed by atoms with E-state index in [1.165, 1.54) is 17.0 Å². The Bertz CT molecular complexity index is 1440. The van der Waals surface area contributed by atoms with Crippen LogP contribution in [0.25, 0.3) is 0 Å². The fourth-order valence-electron chi connectivity index (χ4n) is 3.86. The number of carbonyl (C=O) groups is 2. The second-order valence-electron chi connectivity index (χ2n) is 10.3. The molecular formula is C29H33BrClN3O4S. The Morgan fingerprint density at radius 3 is 2.23 bits per heavy atom. The van der Waals surface area contributed by atoms with Crippen LogP contribution in [0.3, 0.4) is 0 Å². The number of anilines is 1. The Balaban J connectivity index is 2.05. The highest BCUT2D eigenvalue weighted by molar-refractivity contribution is 9.10. The summed E-state index contributed by atoms with van der Waals surface area (Å²) in [7, 11) is -4.13. The van der Waals surface area contributed by atoms with Crippen molar-refractivity contribution in [1.29, 1.82) is 0 Å². The highest BCUT2D eigenvalue weighted by Gasteiger charge is 2.33. The molecule has 0 saturated carbocycles. The minimum Gasteiger partial charge on any atom is -0.350 e. The van der Waals surface area contributed by atoms with Crippen LogP contribution in [0.5, 0.6) is 0 Å². The van der Waals surface area contributed by atoms with E-state index in [4.69, 9.17) is 11.6 Å². The number of nitrogens with zero attached hydrogens (tertiary/aromatic N) is 2. The number of amides is 2. The second-order valence-corrected chi connectivity index (χ2v) is 13.5. The molecule has 2 amide bonds. The number of nitrogens with one attached hydrogen (secondary N) is 1. The van der Waals surface area contributed by atoms with Gasteiger partial charge in [-0.05, 0) is 76.6 Å². The van der Waals surface area contributed by atoms with Crippen molar-refractivity contribution in [2.75, 3.05) is 10.8 Å². The zero-order valence-electron chi connectivity index (χ0n) is 22.6. The van der Waals surface area contributed by atoms with E-state index in [0.717, 1.165) is 9.87 Å². The molecular weight excluding hydrogens is 602 g/mol. The zero-order chi connectivity index (χ0) is 29.0. The predicted octanol–water partition coefficient (Wildman–Crippen LogP) is 5.94. The largest absolute Gasteiger partial charge is 0.350 e. The summed E-state index contributed by atoms with van der Waals surface area (Å²) in [5.74, 6) is -0.916. The average Bonchev–Trinajstić information content (AvgIpc) is 2.85. The summed E-state index contributed by atoms with van der Waals surface area (Å²) in [5.41, 5.74) is 1.33. The van der Waals surface area contributed by atoms with Gasteiger partial charge in [0.2, 0.25) is 11.8 Å². The number of hydrogen-bond acceptors (Lipinski definition) is 4. The van der Waals surface area contributed by atoms with Gasteiger partial charge in [0.25, 0.3) is 10.0 Å². The van der Waals surface area contributed by atoms with E-state index in [1.54, 1.807) is 67.6 Å². The molecule has 0 fully saturated rings. The van der Waals surface area contributed by atoms with Gasteiger partial charge in [-0.1, -0.05) is 69.5 Å². The first-order valence-corrected chi connectivity index (χ1v) is 15.0.